The molecule has 1 saturated heterocycles. The number of methoxy groups -OCH3 is 2. The molecule has 0 spiro atoms. The van der Waals surface area contributed by atoms with Crippen LogP contribution in [0.3, 0.4) is 0 Å². The molecule has 2 heterocycles. The van der Waals surface area contributed by atoms with Crippen molar-refractivity contribution in [2.75, 3.05) is 33.9 Å². The molecule has 2 aromatic rings. The molecule has 4 amide bonds. The summed E-state index contributed by atoms with van der Waals surface area (Å²) in [5.41, 5.74) is 0.850. The lowest BCUT2D eigenvalue weighted by atomic mass is 9.95. The number of hydrogen-bond donors (Lipinski definition) is 1. The summed E-state index contributed by atoms with van der Waals surface area (Å²) in [7, 11) is 3.06. The number of likely N-dealkylation sites (tertiary alicyclic amines) is 1. The van der Waals surface area contributed by atoms with Crippen LogP contribution in [0.2, 0.25) is 0 Å². The Kier molecular flexibility index (Phi) is 7.25. The van der Waals surface area contributed by atoms with Crippen molar-refractivity contribution in [1.82, 2.24) is 15.1 Å². The fourth-order valence-electron chi connectivity index (χ4n) is 4.82. The quantitative estimate of drug-likeness (QED) is 0.601. The van der Waals surface area contributed by atoms with Gasteiger partial charge in [0.15, 0.2) is 11.5 Å². The maximum Gasteiger partial charge on any atom is 0.262 e. The van der Waals surface area contributed by atoms with Crippen LogP contribution in [0.15, 0.2) is 36.4 Å². The van der Waals surface area contributed by atoms with Crippen LogP contribution in [-0.4, -0.2) is 72.8 Å². The average Bonchev–Trinajstić information content (AvgIpc) is 3.15. The van der Waals surface area contributed by atoms with Gasteiger partial charge < -0.3 is 19.7 Å². The molecule has 37 heavy (non-hydrogen) atoms. The number of amides is 4. The minimum absolute atomic E-state index is 0.162. The number of nitrogens with zero attached hydrogens (tertiary/aromatic N) is 2. The van der Waals surface area contributed by atoms with E-state index < -0.39 is 5.54 Å². The summed E-state index contributed by atoms with van der Waals surface area (Å²) in [6, 6.07) is 9.76. The Morgan fingerprint density at radius 1 is 0.892 bits per heavy atom. The Hall–Kier alpha value is -3.88. The molecule has 0 radical (unpaired) electrons. The second-order valence-corrected chi connectivity index (χ2v) is 10.4. The predicted octanol–water partition coefficient (Wildman–Crippen LogP) is 3.38. The van der Waals surface area contributed by atoms with Gasteiger partial charge in [0.05, 0.1) is 25.3 Å². The monoisotopic (exact) mass is 507 g/mol. The zero-order valence-electron chi connectivity index (χ0n) is 21.9. The summed E-state index contributed by atoms with van der Waals surface area (Å²) in [6.07, 6.45) is 1.50. The van der Waals surface area contributed by atoms with Gasteiger partial charge in [-0.05, 0) is 75.9 Å². The van der Waals surface area contributed by atoms with E-state index in [0.29, 0.717) is 47.8 Å². The van der Waals surface area contributed by atoms with Crippen molar-refractivity contribution in [3.8, 4) is 11.5 Å². The van der Waals surface area contributed by atoms with E-state index in [-0.39, 0.29) is 35.1 Å². The molecule has 9 heteroatoms. The van der Waals surface area contributed by atoms with Gasteiger partial charge in [-0.15, -0.1) is 0 Å². The van der Waals surface area contributed by atoms with Gasteiger partial charge in [-0.3, -0.25) is 24.1 Å². The van der Waals surface area contributed by atoms with Gasteiger partial charge in [-0.2, -0.15) is 0 Å². The maximum atomic E-state index is 13.2. The third-order valence-electron chi connectivity index (χ3n) is 6.90. The third-order valence-corrected chi connectivity index (χ3v) is 6.90. The van der Waals surface area contributed by atoms with E-state index in [0.717, 1.165) is 12.8 Å². The molecule has 2 aliphatic heterocycles. The van der Waals surface area contributed by atoms with Crippen molar-refractivity contribution in [2.24, 2.45) is 5.92 Å². The normalized spacial score (nSPS) is 16.0. The summed E-state index contributed by atoms with van der Waals surface area (Å²) in [5.74, 6) is 0.236. The molecular weight excluding hydrogens is 474 g/mol. The van der Waals surface area contributed by atoms with Gasteiger partial charge in [0.2, 0.25) is 0 Å². The Morgan fingerprint density at radius 2 is 1.51 bits per heavy atom. The largest absolute Gasteiger partial charge is 0.493 e. The highest BCUT2D eigenvalue weighted by Crippen LogP contribution is 2.31. The van der Waals surface area contributed by atoms with E-state index in [1.807, 2.05) is 0 Å². The van der Waals surface area contributed by atoms with Crippen molar-refractivity contribution >= 4 is 23.6 Å². The van der Waals surface area contributed by atoms with Crippen LogP contribution >= 0.6 is 0 Å². The number of piperidine rings is 1. The summed E-state index contributed by atoms with van der Waals surface area (Å²) >= 11 is 0. The molecule has 2 aromatic carbocycles. The van der Waals surface area contributed by atoms with Crippen molar-refractivity contribution in [1.29, 1.82) is 0 Å². The number of fused-ring (bicyclic) bond motifs is 1. The molecule has 0 saturated carbocycles. The highest BCUT2D eigenvalue weighted by atomic mass is 16.5. The second kappa shape index (κ2) is 10.2. The molecule has 196 valence electrons. The van der Waals surface area contributed by atoms with Crippen LogP contribution in [-0.2, 0) is 0 Å². The van der Waals surface area contributed by atoms with E-state index in [1.54, 1.807) is 69.2 Å². The van der Waals surface area contributed by atoms with E-state index >= 15 is 0 Å². The van der Waals surface area contributed by atoms with Gasteiger partial charge in [-0.25, -0.2) is 0 Å². The number of carbonyl (C=O) groups is 4. The highest BCUT2D eigenvalue weighted by molar-refractivity contribution is 6.22. The zero-order valence-corrected chi connectivity index (χ0v) is 21.9. The summed E-state index contributed by atoms with van der Waals surface area (Å²) < 4.78 is 10.5. The van der Waals surface area contributed by atoms with Crippen molar-refractivity contribution in [2.45, 2.75) is 39.2 Å². The molecule has 4 rings (SSSR count). The number of nitrogens with one attached hydrogen (secondary N) is 1. The maximum absolute atomic E-state index is 13.2. The van der Waals surface area contributed by atoms with Gasteiger partial charge in [0.25, 0.3) is 23.6 Å². The fraction of sp³-hybridized carbons (Fsp3) is 0.429. The van der Waals surface area contributed by atoms with Gasteiger partial charge in [0, 0.05) is 36.3 Å². The fourth-order valence-corrected chi connectivity index (χ4v) is 4.82. The van der Waals surface area contributed by atoms with Crippen LogP contribution in [0.5, 0.6) is 11.5 Å². The third kappa shape index (κ3) is 5.16. The minimum Gasteiger partial charge on any atom is -0.493 e. The second-order valence-electron chi connectivity index (χ2n) is 10.4. The molecule has 1 N–H and O–H groups in total. The van der Waals surface area contributed by atoms with Gasteiger partial charge in [0.1, 0.15) is 0 Å². The van der Waals surface area contributed by atoms with Crippen molar-refractivity contribution < 1.29 is 28.7 Å². The summed E-state index contributed by atoms with van der Waals surface area (Å²) in [5, 5.41) is 2.97. The van der Waals surface area contributed by atoms with Gasteiger partial charge >= 0.3 is 0 Å². The Labute approximate surface area is 216 Å². The molecule has 0 unspecified atom stereocenters. The topological polar surface area (TPSA) is 105 Å². The van der Waals surface area contributed by atoms with E-state index in [9.17, 15) is 19.2 Å². The van der Waals surface area contributed by atoms with Crippen LogP contribution in [0.4, 0.5) is 0 Å². The molecule has 0 aromatic heterocycles. The first kappa shape index (κ1) is 26.2. The first-order chi connectivity index (χ1) is 17.5. The molecule has 9 nitrogen and oxygen atoms in total. The molecule has 0 bridgehead atoms. The van der Waals surface area contributed by atoms with E-state index in [4.69, 9.17) is 9.47 Å². The number of benzene rings is 2. The first-order valence-electron chi connectivity index (χ1n) is 12.4. The Bertz CT molecular complexity index is 1240. The van der Waals surface area contributed by atoms with Crippen molar-refractivity contribution in [3.63, 3.8) is 0 Å². The van der Waals surface area contributed by atoms with Crippen LogP contribution in [0.1, 0.15) is 75.0 Å². The van der Waals surface area contributed by atoms with E-state index in [1.165, 1.54) is 12.0 Å². The van der Waals surface area contributed by atoms with Crippen LogP contribution in [0, 0.1) is 5.92 Å². The van der Waals surface area contributed by atoms with E-state index in [2.05, 4.69) is 5.32 Å². The number of ether oxygens (including phenoxy) is 2. The summed E-state index contributed by atoms with van der Waals surface area (Å²) in [6.45, 7) is 7.03. The van der Waals surface area contributed by atoms with Crippen molar-refractivity contribution in [3.05, 3.63) is 58.7 Å². The number of imide groups is 1. The zero-order chi connectivity index (χ0) is 26.9. The molecule has 2 aliphatic rings. The lowest BCUT2D eigenvalue weighted by molar-refractivity contribution is 0.0507. The van der Waals surface area contributed by atoms with Gasteiger partial charge in [-0.1, -0.05) is 0 Å². The van der Waals surface area contributed by atoms with Crippen LogP contribution < -0.4 is 14.8 Å². The number of rotatable bonds is 6. The molecule has 0 atom stereocenters. The molecule has 1 fully saturated rings. The highest BCUT2D eigenvalue weighted by Gasteiger charge is 2.42. The Balaban J connectivity index is 1.33. The first-order valence-corrected chi connectivity index (χ1v) is 12.4. The lowest BCUT2D eigenvalue weighted by Gasteiger charge is -2.32. The minimum atomic E-state index is -0.645. The standard InChI is InChI=1S/C28H33N3O6/c1-28(2,3)31-26(34)20-8-6-19(14-21(20)27(31)35)25(33)30-12-10-17(11-13-30)16-29-24(32)18-7-9-22(36-4)23(15-18)37-5/h6-9,14-15,17H,10-13,16H2,1-5H3,(H,29,32). The lowest BCUT2D eigenvalue weighted by Crippen LogP contribution is -2.45. The average molecular weight is 508 g/mol. The predicted molar refractivity (Wildman–Crippen MR) is 137 cm³/mol. The molecule has 0 aliphatic carbocycles. The number of hydrogen-bond acceptors (Lipinski definition) is 6. The smallest absolute Gasteiger partial charge is 0.262 e. The Morgan fingerprint density at radius 3 is 2.14 bits per heavy atom. The summed E-state index contributed by atoms with van der Waals surface area (Å²) in [4.78, 5) is 54.4. The molecular formula is C28H33N3O6. The SMILES string of the molecule is COc1ccc(C(=O)NCC2CCN(C(=O)c3ccc4c(c3)C(=O)N(C(C)(C)C)C4=O)CC2)cc1OC. The number of carbonyl (C=O) groups excluding carboxylic acids is 4. The van der Waals surface area contributed by atoms with Crippen LogP contribution in [0.25, 0.3) is 0 Å².